The summed E-state index contributed by atoms with van der Waals surface area (Å²) in [5.41, 5.74) is 3.69. The molecule has 134 valence electrons. The fourth-order valence-corrected chi connectivity index (χ4v) is 8.22. The Morgan fingerprint density at radius 3 is 2.04 bits per heavy atom. The molecule has 1 aliphatic rings. The predicted octanol–water partition coefficient (Wildman–Crippen LogP) is 5.85. The molecule has 1 heterocycles. The van der Waals surface area contributed by atoms with Gasteiger partial charge in [-0.05, 0) is 22.9 Å². The van der Waals surface area contributed by atoms with Crippen LogP contribution in [0.2, 0.25) is 10.1 Å². The molecular formula is C20H38O2Si. The Hall–Kier alpha value is -0.303. The highest BCUT2D eigenvalue weighted by molar-refractivity contribution is 6.86. The van der Waals surface area contributed by atoms with E-state index in [1.165, 1.54) is 19.3 Å². The first-order valence-corrected chi connectivity index (χ1v) is 11.3. The number of hydrogen-bond acceptors (Lipinski definition) is 2. The highest BCUT2D eigenvalue weighted by Gasteiger charge is 2.56. The minimum Gasteiger partial charge on any atom is -0.402 e. The van der Waals surface area contributed by atoms with E-state index in [1.807, 2.05) is 0 Å². The molecule has 0 spiro atoms. The summed E-state index contributed by atoms with van der Waals surface area (Å²) in [6.45, 7) is 19.0. The van der Waals surface area contributed by atoms with Gasteiger partial charge >= 0.3 is 0 Å². The van der Waals surface area contributed by atoms with E-state index in [1.54, 1.807) is 0 Å². The Morgan fingerprint density at radius 1 is 0.957 bits per heavy atom. The van der Waals surface area contributed by atoms with Crippen LogP contribution in [0.15, 0.2) is 0 Å². The van der Waals surface area contributed by atoms with E-state index in [4.69, 9.17) is 9.16 Å². The zero-order valence-corrected chi connectivity index (χ0v) is 17.7. The maximum Gasteiger partial charge on any atom is 0.282 e. The minimum atomic E-state index is -2.27. The molecule has 2 unspecified atom stereocenters. The van der Waals surface area contributed by atoms with Crippen molar-refractivity contribution in [3.8, 4) is 11.5 Å². The Labute approximate surface area is 145 Å². The summed E-state index contributed by atoms with van der Waals surface area (Å²) in [6.07, 6.45) is 6.40. The van der Waals surface area contributed by atoms with Crippen LogP contribution in [0.5, 0.6) is 0 Å². The van der Waals surface area contributed by atoms with Crippen molar-refractivity contribution in [2.24, 2.45) is 0 Å². The lowest BCUT2D eigenvalue weighted by molar-refractivity contribution is 0.229. The maximum atomic E-state index is 6.68. The first kappa shape index (κ1) is 20.7. The van der Waals surface area contributed by atoms with Gasteiger partial charge in [-0.2, -0.15) is 0 Å². The van der Waals surface area contributed by atoms with E-state index in [9.17, 15) is 0 Å². The second-order valence-electron chi connectivity index (χ2n) is 8.90. The monoisotopic (exact) mass is 338 g/mol. The Morgan fingerprint density at radius 2 is 1.57 bits per heavy atom. The van der Waals surface area contributed by atoms with Gasteiger partial charge in [-0.1, -0.05) is 73.8 Å². The summed E-state index contributed by atoms with van der Waals surface area (Å²) in [7, 11) is -2.27. The molecule has 2 nitrogen and oxygen atoms in total. The van der Waals surface area contributed by atoms with Crippen LogP contribution < -0.4 is 0 Å². The van der Waals surface area contributed by atoms with Crippen LogP contribution in [0.3, 0.4) is 0 Å². The third-order valence-electron chi connectivity index (χ3n) is 4.76. The molecule has 0 aromatic carbocycles. The zero-order valence-electron chi connectivity index (χ0n) is 16.7. The molecular weight excluding hydrogens is 300 g/mol. The number of ether oxygens (including phenoxy) is 1. The summed E-state index contributed by atoms with van der Waals surface area (Å²) in [5, 5.41) is 0.166. The van der Waals surface area contributed by atoms with E-state index < -0.39 is 8.32 Å². The van der Waals surface area contributed by atoms with E-state index in [-0.39, 0.29) is 10.1 Å². The second-order valence-corrected chi connectivity index (χ2v) is 13.8. The van der Waals surface area contributed by atoms with Gasteiger partial charge in [0.15, 0.2) is 0 Å². The van der Waals surface area contributed by atoms with Crippen molar-refractivity contribution in [3.05, 3.63) is 0 Å². The third kappa shape index (κ3) is 5.34. The topological polar surface area (TPSA) is 21.8 Å². The van der Waals surface area contributed by atoms with E-state index in [0.29, 0.717) is 18.8 Å². The van der Waals surface area contributed by atoms with Gasteiger partial charge in [0.1, 0.15) is 6.10 Å². The number of unbranched alkanes of at least 4 members (excludes halogenated alkanes) is 2. The molecule has 0 bridgehead atoms. The van der Waals surface area contributed by atoms with Gasteiger partial charge < -0.3 is 9.16 Å². The molecule has 2 atom stereocenters. The maximum absolute atomic E-state index is 6.68. The lowest BCUT2D eigenvalue weighted by Crippen LogP contribution is -2.54. The van der Waals surface area contributed by atoms with Crippen LogP contribution >= 0.6 is 0 Å². The smallest absolute Gasteiger partial charge is 0.282 e. The highest BCUT2D eigenvalue weighted by atomic mass is 28.4. The molecule has 1 aliphatic heterocycles. The van der Waals surface area contributed by atoms with Crippen molar-refractivity contribution in [3.63, 3.8) is 0 Å². The Balaban J connectivity index is 2.91. The fourth-order valence-electron chi connectivity index (χ4n) is 3.49. The summed E-state index contributed by atoms with van der Waals surface area (Å²) < 4.78 is 12.4. The van der Waals surface area contributed by atoms with Crippen molar-refractivity contribution >= 4 is 8.32 Å². The van der Waals surface area contributed by atoms with Crippen LogP contribution in [0, 0.1) is 11.5 Å². The quantitative estimate of drug-likeness (QED) is 0.251. The first-order valence-electron chi connectivity index (χ1n) is 9.38. The number of epoxide rings is 1. The summed E-state index contributed by atoms with van der Waals surface area (Å²) in [5.74, 6) is 3.47. The Bertz CT molecular complexity index is 406. The summed E-state index contributed by atoms with van der Waals surface area (Å²) in [4.78, 5) is 0. The van der Waals surface area contributed by atoms with Crippen LogP contribution in [-0.4, -0.2) is 27.1 Å². The summed E-state index contributed by atoms with van der Waals surface area (Å²) >= 11 is 0. The van der Waals surface area contributed by atoms with E-state index in [0.717, 1.165) is 12.8 Å². The van der Waals surface area contributed by atoms with Gasteiger partial charge in [0, 0.05) is 6.42 Å². The fraction of sp³-hybridized carbons (Fsp3) is 0.900. The Kier molecular flexibility index (Phi) is 7.38. The molecule has 0 N–H and O–H groups in total. The second kappa shape index (κ2) is 8.19. The summed E-state index contributed by atoms with van der Waals surface area (Å²) in [6, 6.07) is 0. The first-order chi connectivity index (χ1) is 10.6. The van der Waals surface area contributed by atoms with Gasteiger partial charge in [0.05, 0.1) is 12.7 Å². The van der Waals surface area contributed by atoms with E-state index in [2.05, 4.69) is 66.9 Å². The van der Waals surface area contributed by atoms with Gasteiger partial charge in [-0.3, -0.25) is 0 Å². The molecule has 23 heavy (non-hydrogen) atoms. The van der Waals surface area contributed by atoms with Crippen molar-refractivity contribution in [2.45, 2.75) is 110 Å². The van der Waals surface area contributed by atoms with E-state index >= 15 is 0 Å². The average Bonchev–Trinajstić information content (AvgIpc) is 3.14. The van der Waals surface area contributed by atoms with Crippen LogP contribution in [0.4, 0.5) is 0 Å². The van der Waals surface area contributed by atoms with Crippen molar-refractivity contribution in [1.82, 2.24) is 0 Å². The number of hydrogen-bond donors (Lipinski definition) is 0. The average molecular weight is 339 g/mol. The molecule has 0 radical (unpaired) electrons. The van der Waals surface area contributed by atoms with Gasteiger partial charge in [0.2, 0.25) is 0 Å². The van der Waals surface area contributed by atoms with Gasteiger partial charge in [-0.25, -0.2) is 0 Å². The third-order valence-corrected chi connectivity index (χ3v) is 10.1. The normalized spacial score (nSPS) is 21.7. The molecule has 1 fully saturated rings. The van der Waals surface area contributed by atoms with Gasteiger partial charge in [0.25, 0.3) is 8.32 Å². The van der Waals surface area contributed by atoms with Crippen LogP contribution in [-0.2, 0) is 9.16 Å². The molecule has 0 aromatic rings. The minimum absolute atomic E-state index is 0.0829. The van der Waals surface area contributed by atoms with Crippen LogP contribution in [0.25, 0.3) is 0 Å². The largest absolute Gasteiger partial charge is 0.402 e. The molecule has 1 saturated heterocycles. The number of rotatable bonds is 7. The molecule has 0 aromatic heterocycles. The van der Waals surface area contributed by atoms with Crippen LogP contribution in [0.1, 0.15) is 87.5 Å². The lowest BCUT2D eigenvalue weighted by Gasteiger charge is -2.46. The molecule has 0 aliphatic carbocycles. The van der Waals surface area contributed by atoms with Gasteiger partial charge in [-0.15, -0.1) is 5.92 Å². The highest BCUT2D eigenvalue weighted by Crippen LogP contribution is 2.51. The lowest BCUT2D eigenvalue weighted by atomic mass is 10.2. The molecule has 0 saturated carbocycles. The SMILES string of the molecule is CCCCC#C[Si](OCC1OC1CCC)(C(C)(C)C)C(C)(C)C. The van der Waals surface area contributed by atoms with Crippen molar-refractivity contribution < 1.29 is 9.16 Å². The molecule has 1 rings (SSSR count). The van der Waals surface area contributed by atoms with Crippen molar-refractivity contribution in [1.29, 1.82) is 0 Å². The van der Waals surface area contributed by atoms with Crippen molar-refractivity contribution in [2.75, 3.05) is 6.61 Å². The predicted molar refractivity (Wildman–Crippen MR) is 102 cm³/mol. The zero-order chi connectivity index (χ0) is 17.7. The standard InChI is InChI=1S/C20H38O2Si/c1-9-11-12-13-15-23(19(3,4)5,20(6,7)8)21-16-18-17(22-18)14-10-2/h17-18H,9-12,14,16H2,1-8H3. The molecule has 3 heteroatoms. The molecule has 0 amide bonds.